The van der Waals surface area contributed by atoms with Crippen LogP contribution in [-0.2, 0) is 14.3 Å². The molecule has 1 aliphatic rings. The number of aliphatic imine (C=N–C) groups is 1. The minimum atomic E-state index is -0.684. The number of aromatic nitrogens is 3. The highest BCUT2D eigenvalue weighted by Crippen LogP contribution is 2.34. The molecule has 3 N–H and O–H groups in total. The van der Waals surface area contributed by atoms with Gasteiger partial charge < -0.3 is 25.4 Å². The zero-order chi connectivity index (χ0) is 30.4. The fourth-order valence-electron chi connectivity index (χ4n) is 4.36. The van der Waals surface area contributed by atoms with Gasteiger partial charge in [-0.25, -0.2) is 4.79 Å². The lowest BCUT2D eigenvalue weighted by atomic mass is 10.00. The molecule has 0 bridgehead atoms. The number of hydrogen-bond acceptors (Lipinski definition) is 8. The van der Waals surface area contributed by atoms with Crippen molar-refractivity contribution in [2.24, 2.45) is 4.99 Å². The normalized spacial score (nSPS) is 14.0. The van der Waals surface area contributed by atoms with E-state index in [-0.39, 0.29) is 32.0 Å². The molecule has 3 amide bonds. The zero-order valence-electron chi connectivity index (χ0n) is 24.2. The summed E-state index contributed by atoms with van der Waals surface area (Å²) in [6.45, 7) is 7.15. The zero-order valence-corrected chi connectivity index (χ0v) is 24.9. The standard InChI is InChI=1S/C29H34ClN7O5/c1-17-35-36-27-22(15-24(38)31-12-13-32-25(39)16-33-28(40)42-29(2,3)4)34-26(18-6-8-19(30)9-7-18)21-14-20(41-5)10-11-23(21)37(17)27/h6-11,14,22H,12-13,15-16H2,1-5H3,(H,31,38)(H,32,39)(H,33,40)/t22-/m0/s1. The maximum Gasteiger partial charge on any atom is 0.408 e. The summed E-state index contributed by atoms with van der Waals surface area (Å²) in [6.07, 6.45) is -0.689. The summed E-state index contributed by atoms with van der Waals surface area (Å²) >= 11 is 6.15. The van der Waals surface area contributed by atoms with Gasteiger partial charge in [0.1, 0.15) is 23.2 Å². The number of methoxy groups -OCH3 is 1. The highest BCUT2D eigenvalue weighted by atomic mass is 35.5. The van der Waals surface area contributed by atoms with Gasteiger partial charge in [-0.1, -0.05) is 23.7 Å². The largest absolute Gasteiger partial charge is 0.497 e. The van der Waals surface area contributed by atoms with Crippen LogP contribution in [-0.4, -0.2) is 70.7 Å². The maximum atomic E-state index is 13.0. The van der Waals surface area contributed by atoms with E-state index in [1.165, 1.54) is 0 Å². The predicted octanol–water partition coefficient (Wildman–Crippen LogP) is 3.28. The van der Waals surface area contributed by atoms with Crippen LogP contribution in [0.4, 0.5) is 4.79 Å². The number of hydrogen-bond donors (Lipinski definition) is 3. The van der Waals surface area contributed by atoms with Crippen molar-refractivity contribution in [3.8, 4) is 11.4 Å². The summed E-state index contributed by atoms with van der Waals surface area (Å²) in [6, 6.07) is 12.3. The Morgan fingerprint density at radius 1 is 0.976 bits per heavy atom. The van der Waals surface area contributed by atoms with Crippen molar-refractivity contribution < 1.29 is 23.9 Å². The van der Waals surface area contributed by atoms with Crippen LogP contribution in [0.25, 0.3) is 5.69 Å². The number of benzene rings is 2. The predicted molar refractivity (Wildman–Crippen MR) is 157 cm³/mol. The highest BCUT2D eigenvalue weighted by molar-refractivity contribution is 6.30. The Labute approximate surface area is 248 Å². The van der Waals surface area contributed by atoms with Crippen molar-refractivity contribution in [2.45, 2.75) is 45.8 Å². The Morgan fingerprint density at radius 2 is 1.67 bits per heavy atom. The Hall–Kier alpha value is -4.45. The van der Waals surface area contributed by atoms with E-state index in [2.05, 4.69) is 26.1 Å². The molecule has 222 valence electrons. The van der Waals surface area contributed by atoms with E-state index >= 15 is 0 Å². The monoisotopic (exact) mass is 595 g/mol. The van der Waals surface area contributed by atoms with E-state index in [1.807, 2.05) is 41.8 Å². The number of alkyl carbamates (subject to hydrolysis) is 1. The molecule has 13 heteroatoms. The number of amides is 3. The lowest BCUT2D eigenvalue weighted by molar-refractivity contribution is -0.122. The molecule has 1 aliphatic heterocycles. The fraction of sp³-hybridized carbons (Fsp3) is 0.379. The number of nitrogens with one attached hydrogen (secondary N) is 3. The highest BCUT2D eigenvalue weighted by Gasteiger charge is 2.30. The number of fused-ring (bicyclic) bond motifs is 3. The van der Waals surface area contributed by atoms with E-state index in [1.54, 1.807) is 40.0 Å². The number of nitrogens with zero attached hydrogens (tertiary/aromatic N) is 4. The van der Waals surface area contributed by atoms with Crippen LogP contribution < -0.4 is 20.7 Å². The van der Waals surface area contributed by atoms with E-state index < -0.39 is 23.6 Å². The minimum absolute atomic E-state index is 0.00546. The van der Waals surface area contributed by atoms with Crippen LogP contribution in [0.1, 0.15) is 56.0 Å². The smallest absolute Gasteiger partial charge is 0.408 e. The van der Waals surface area contributed by atoms with Gasteiger partial charge in [0.25, 0.3) is 0 Å². The SMILES string of the molecule is COc1ccc2c(c1)C(c1ccc(Cl)cc1)=N[C@@H](CC(=O)NCCNC(=O)CNC(=O)OC(C)(C)C)c1nnc(C)n1-2. The molecular weight excluding hydrogens is 562 g/mol. The number of carbonyl (C=O) groups is 3. The summed E-state index contributed by atoms with van der Waals surface area (Å²) in [7, 11) is 1.60. The average Bonchev–Trinajstić information content (AvgIpc) is 3.26. The molecule has 0 saturated heterocycles. The summed E-state index contributed by atoms with van der Waals surface area (Å²) in [5, 5.41) is 17.1. The summed E-state index contributed by atoms with van der Waals surface area (Å²) in [5.74, 6) is 1.14. The Kier molecular flexibility index (Phi) is 9.46. The molecule has 42 heavy (non-hydrogen) atoms. The number of rotatable bonds is 9. The third-order valence-electron chi connectivity index (χ3n) is 6.19. The molecule has 3 aromatic rings. The number of ether oxygens (including phenoxy) is 2. The van der Waals surface area contributed by atoms with Crippen LogP contribution in [0.3, 0.4) is 0 Å². The molecule has 12 nitrogen and oxygen atoms in total. The second-order valence-corrected chi connectivity index (χ2v) is 11.0. The molecule has 4 rings (SSSR count). The van der Waals surface area contributed by atoms with Crippen LogP contribution >= 0.6 is 11.6 Å². The molecule has 0 radical (unpaired) electrons. The van der Waals surface area contributed by atoms with E-state index in [0.29, 0.717) is 28.1 Å². The molecule has 0 fully saturated rings. The van der Waals surface area contributed by atoms with Gasteiger partial charge >= 0.3 is 6.09 Å². The van der Waals surface area contributed by atoms with Gasteiger partial charge in [0.05, 0.1) is 31.5 Å². The van der Waals surface area contributed by atoms with Gasteiger partial charge in [-0.2, -0.15) is 0 Å². The lowest BCUT2D eigenvalue weighted by Gasteiger charge is -2.19. The minimum Gasteiger partial charge on any atom is -0.497 e. The number of halogens is 1. The van der Waals surface area contributed by atoms with Gasteiger partial charge in [0.15, 0.2) is 5.82 Å². The van der Waals surface area contributed by atoms with Crippen LogP contribution in [0.5, 0.6) is 5.75 Å². The van der Waals surface area contributed by atoms with Gasteiger partial charge in [-0.05, 0) is 58.0 Å². The fourth-order valence-corrected chi connectivity index (χ4v) is 4.48. The van der Waals surface area contributed by atoms with Gasteiger partial charge in [0.2, 0.25) is 11.8 Å². The Balaban J connectivity index is 1.46. The molecule has 0 spiro atoms. The average molecular weight is 596 g/mol. The number of aryl methyl sites for hydroxylation is 1. The van der Waals surface area contributed by atoms with E-state index in [4.69, 9.17) is 26.1 Å². The first-order valence-electron chi connectivity index (χ1n) is 13.4. The van der Waals surface area contributed by atoms with Crippen molar-refractivity contribution in [3.05, 3.63) is 70.3 Å². The quantitative estimate of drug-likeness (QED) is 0.321. The van der Waals surface area contributed by atoms with Crippen molar-refractivity contribution in [3.63, 3.8) is 0 Å². The van der Waals surface area contributed by atoms with Gasteiger partial charge in [-0.3, -0.25) is 19.1 Å². The summed E-state index contributed by atoms with van der Waals surface area (Å²) < 4.78 is 12.5. The molecule has 0 aliphatic carbocycles. The maximum absolute atomic E-state index is 13.0. The molecule has 2 heterocycles. The van der Waals surface area contributed by atoms with E-state index in [9.17, 15) is 14.4 Å². The van der Waals surface area contributed by atoms with Crippen LogP contribution in [0.2, 0.25) is 5.02 Å². The first-order chi connectivity index (χ1) is 19.9. The third-order valence-corrected chi connectivity index (χ3v) is 6.44. The molecule has 0 unspecified atom stereocenters. The lowest BCUT2D eigenvalue weighted by Crippen LogP contribution is -2.42. The third kappa shape index (κ3) is 7.64. The second-order valence-electron chi connectivity index (χ2n) is 10.6. The molecule has 0 saturated carbocycles. The first-order valence-corrected chi connectivity index (χ1v) is 13.8. The van der Waals surface area contributed by atoms with Crippen molar-refractivity contribution in [2.75, 3.05) is 26.7 Å². The molecule has 1 atom stereocenters. The molecular formula is C29H34ClN7O5. The summed E-state index contributed by atoms with van der Waals surface area (Å²) in [5.41, 5.74) is 2.43. The Morgan fingerprint density at radius 3 is 2.33 bits per heavy atom. The second kappa shape index (κ2) is 13.0. The number of carbonyl (C=O) groups excluding carboxylic acids is 3. The first kappa shape index (κ1) is 30.5. The van der Waals surface area contributed by atoms with Gasteiger partial charge in [-0.15, -0.1) is 10.2 Å². The van der Waals surface area contributed by atoms with Crippen molar-refractivity contribution >= 4 is 35.2 Å². The van der Waals surface area contributed by atoms with Crippen molar-refractivity contribution in [1.82, 2.24) is 30.7 Å². The van der Waals surface area contributed by atoms with Crippen LogP contribution in [0.15, 0.2) is 47.5 Å². The topological polar surface area (TPSA) is 149 Å². The van der Waals surface area contributed by atoms with Gasteiger partial charge in [0, 0.05) is 29.2 Å². The van der Waals surface area contributed by atoms with E-state index in [0.717, 1.165) is 16.8 Å². The molecule has 2 aromatic carbocycles. The van der Waals surface area contributed by atoms with Crippen LogP contribution in [0, 0.1) is 6.92 Å². The Bertz CT molecular complexity index is 1490. The summed E-state index contributed by atoms with van der Waals surface area (Å²) in [4.78, 5) is 41.8. The van der Waals surface area contributed by atoms with Crippen molar-refractivity contribution in [1.29, 1.82) is 0 Å². The molecule has 1 aromatic heterocycles.